The summed E-state index contributed by atoms with van der Waals surface area (Å²) in [5.41, 5.74) is 8.43. The zero-order valence-corrected chi connectivity index (χ0v) is 11.7. The molecule has 0 spiro atoms. The molecule has 3 rings (SSSR count). The van der Waals surface area contributed by atoms with Crippen LogP contribution in [-0.2, 0) is 13.6 Å². The van der Waals surface area contributed by atoms with E-state index in [-0.39, 0.29) is 5.76 Å². The van der Waals surface area contributed by atoms with Crippen LogP contribution in [0.15, 0.2) is 32.0 Å². The molecule has 3 N–H and O–H groups in total. The topological polar surface area (TPSA) is 89.8 Å². The smallest absolute Gasteiger partial charge is 0.408 e. The first-order chi connectivity index (χ1) is 9.10. The molecule has 0 bridgehead atoms. The minimum Gasteiger partial charge on any atom is -0.408 e. The summed E-state index contributed by atoms with van der Waals surface area (Å²) in [5.74, 6) is 0.312. The molecule has 3 aromatic rings. The number of imidazole rings is 1. The largest absolute Gasteiger partial charge is 0.419 e. The Bertz CT molecular complexity index is 815. The van der Waals surface area contributed by atoms with Gasteiger partial charge in [0.1, 0.15) is 16.1 Å². The molecule has 0 saturated heterocycles. The number of H-pyrrole nitrogens is 1. The van der Waals surface area contributed by atoms with E-state index in [0.717, 1.165) is 21.4 Å². The third-order valence-electron chi connectivity index (χ3n) is 2.97. The standard InChI is InChI=1S/C12H11BrN4O2/c1-17-7-3-2-6(4-8(7)19-12(17)18)10-11(13)16-9(5-14)15-10/h2-4H,5,14H2,1H3,(H,15,16). The van der Waals surface area contributed by atoms with Crippen LogP contribution >= 0.6 is 15.9 Å². The second-order valence-corrected chi connectivity index (χ2v) is 4.95. The average Bonchev–Trinajstić information content (AvgIpc) is 2.91. The fraction of sp³-hybridized carbons (Fsp3) is 0.167. The van der Waals surface area contributed by atoms with Gasteiger partial charge in [-0.3, -0.25) is 4.57 Å². The molecule has 19 heavy (non-hydrogen) atoms. The van der Waals surface area contributed by atoms with Gasteiger partial charge in [-0.2, -0.15) is 0 Å². The van der Waals surface area contributed by atoms with Crippen LogP contribution in [0.5, 0.6) is 0 Å². The predicted octanol–water partition coefficient (Wildman–Crippen LogP) is 1.74. The van der Waals surface area contributed by atoms with Gasteiger partial charge in [0, 0.05) is 12.6 Å². The van der Waals surface area contributed by atoms with Crippen molar-refractivity contribution in [2.75, 3.05) is 0 Å². The van der Waals surface area contributed by atoms with Gasteiger partial charge in [0.15, 0.2) is 5.58 Å². The zero-order chi connectivity index (χ0) is 13.6. The van der Waals surface area contributed by atoms with Crippen molar-refractivity contribution in [1.82, 2.24) is 14.5 Å². The van der Waals surface area contributed by atoms with E-state index in [9.17, 15) is 4.79 Å². The quantitative estimate of drug-likeness (QED) is 0.752. The maximum atomic E-state index is 11.5. The molecule has 7 heteroatoms. The van der Waals surface area contributed by atoms with Crippen molar-refractivity contribution >= 4 is 27.0 Å². The lowest BCUT2D eigenvalue weighted by Gasteiger charge is -1.98. The van der Waals surface area contributed by atoms with Gasteiger partial charge < -0.3 is 15.1 Å². The molecule has 0 amide bonds. The Morgan fingerprint density at radius 2 is 2.32 bits per heavy atom. The van der Waals surface area contributed by atoms with Crippen molar-refractivity contribution in [3.05, 3.63) is 39.2 Å². The number of halogens is 1. The second kappa shape index (κ2) is 4.36. The molecule has 0 radical (unpaired) electrons. The first-order valence-corrected chi connectivity index (χ1v) is 6.44. The first kappa shape index (κ1) is 12.2. The molecule has 0 unspecified atom stereocenters. The Balaban J connectivity index is 2.20. The number of fused-ring (bicyclic) bond motifs is 1. The Morgan fingerprint density at radius 3 is 3.00 bits per heavy atom. The van der Waals surface area contributed by atoms with Crippen LogP contribution in [0.2, 0.25) is 0 Å². The Kier molecular flexibility index (Phi) is 2.79. The van der Waals surface area contributed by atoms with Gasteiger partial charge in [-0.1, -0.05) is 6.07 Å². The number of hydrogen-bond donors (Lipinski definition) is 2. The van der Waals surface area contributed by atoms with E-state index >= 15 is 0 Å². The molecule has 0 atom stereocenters. The first-order valence-electron chi connectivity index (χ1n) is 5.64. The monoisotopic (exact) mass is 322 g/mol. The van der Waals surface area contributed by atoms with Crippen LogP contribution in [0.3, 0.4) is 0 Å². The number of rotatable bonds is 2. The van der Waals surface area contributed by atoms with Crippen molar-refractivity contribution in [3.8, 4) is 11.3 Å². The highest BCUT2D eigenvalue weighted by Gasteiger charge is 2.12. The third kappa shape index (κ3) is 1.91. The second-order valence-electron chi connectivity index (χ2n) is 4.16. The SMILES string of the molecule is Cn1c(=O)oc2cc(-c3nc(CN)[nH]c3Br)ccc21. The van der Waals surface area contributed by atoms with Crippen LogP contribution in [0.25, 0.3) is 22.4 Å². The van der Waals surface area contributed by atoms with Gasteiger partial charge in [-0.15, -0.1) is 0 Å². The fourth-order valence-corrected chi connectivity index (χ4v) is 2.51. The van der Waals surface area contributed by atoms with E-state index in [1.165, 1.54) is 4.57 Å². The Labute approximate surface area is 116 Å². The molecule has 1 aromatic carbocycles. The molecule has 98 valence electrons. The highest BCUT2D eigenvalue weighted by Crippen LogP contribution is 2.28. The lowest BCUT2D eigenvalue weighted by molar-refractivity contribution is 0.528. The summed E-state index contributed by atoms with van der Waals surface area (Å²) < 4.78 is 7.38. The maximum Gasteiger partial charge on any atom is 0.419 e. The summed E-state index contributed by atoms with van der Waals surface area (Å²) >= 11 is 3.41. The van der Waals surface area contributed by atoms with Gasteiger partial charge in [0.25, 0.3) is 0 Å². The van der Waals surface area contributed by atoms with Gasteiger partial charge >= 0.3 is 5.76 Å². The van der Waals surface area contributed by atoms with Crippen molar-refractivity contribution in [1.29, 1.82) is 0 Å². The van der Waals surface area contributed by atoms with Crippen LogP contribution in [0, 0.1) is 0 Å². The number of oxazole rings is 1. The molecule has 0 aliphatic rings. The normalized spacial score (nSPS) is 11.3. The van der Waals surface area contributed by atoms with E-state index in [0.29, 0.717) is 18.0 Å². The number of nitrogens with zero attached hydrogens (tertiary/aromatic N) is 2. The molecule has 0 saturated carbocycles. The number of aryl methyl sites for hydroxylation is 1. The summed E-state index contributed by atoms with van der Waals surface area (Å²) in [6.07, 6.45) is 0. The summed E-state index contributed by atoms with van der Waals surface area (Å²) in [5, 5.41) is 0. The maximum absolute atomic E-state index is 11.5. The van der Waals surface area contributed by atoms with Crippen molar-refractivity contribution in [2.24, 2.45) is 12.8 Å². The minimum atomic E-state index is -0.379. The molecule has 6 nitrogen and oxygen atoms in total. The fourth-order valence-electron chi connectivity index (χ4n) is 1.97. The lowest BCUT2D eigenvalue weighted by atomic mass is 10.1. The van der Waals surface area contributed by atoms with E-state index in [1.807, 2.05) is 12.1 Å². The Hall–Kier alpha value is -1.86. The zero-order valence-electron chi connectivity index (χ0n) is 10.1. The van der Waals surface area contributed by atoms with Crippen LogP contribution in [-0.4, -0.2) is 14.5 Å². The Morgan fingerprint density at radius 1 is 1.53 bits per heavy atom. The highest BCUT2D eigenvalue weighted by atomic mass is 79.9. The van der Waals surface area contributed by atoms with E-state index < -0.39 is 0 Å². The van der Waals surface area contributed by atoms with Gasteiger partial charge in [0.05, 0.1) is 12.1 Å². The summed E-state index contributed by atoms with van der Waals surface area (Å²) in [4.78, 5) is 18.9. The van der Waals surface area contributed by atoms with Crippen molar-refractivity contribution in [3.63, 3.8) is 0 Å². The van der Waals surface area contributed by atoms with Crippen LogP contribution in [0.1, 0.15) is 5.82 Å². The van der Waals surface area contributed by atoms with E-state index in [1.54, 1.807) is 13.1 Å². The highest BCUT2D eigenvalue weighted by molar-refractivity contribution is 9.10. The number of hydrogen-bond acceptors (Lipinski definition) is 4. The number of nitrogens with one attached hydrogen (secondary N) is 1. The van der Waals surface area contributed by atoms with Crippen LogP contribution in [0.4, 0.5) is 0 Å². The van der Waals surface area contributed by atoms with Crippen LogP contribution < -0.4 is 11.5 Å². The number of nitrogens with two attached hydrogens (primary N) is 1. The summed E-state index contributed by atoms with van der Waals surface area (Å²) in [6, 6.07) is 5.51. The molecular formula is C12H11BrN4O2. The molecule has 0 aliphatic heterocycles. The molecule has 2 aromatic heterocycles. The van der Waals surface area contributed by atoms with Gasteiger partial charge in [-0.25, -0.2) is 9.78 Å². The lowest BCUT2D eigenvalue weighted by Crippen LogP contribution is -2.08. The van der Waals surface area contributed by atoms with Crippen molar-refractivity contribution in [2.45, 2.75) is 6.54 Å². The molecule has 0 fully saturated rings. The van der Waals surface area contributed by atoms with Gasteiger partial charge in [-0.05, 0) is 28.1 Å². The molecular weight excluding hydrogens is 312 g/mol. The third-order valence-corrected chi connectivity index (χ3v) is 3.54. The van der Waals surface area contributed by atoms with E-state index in [4.69, 9.17) is 10.2 Å². The number of benzene rings is 1. The molecule has 2 heterocycles. The summed E-state index contributed by atoms with van der Waals surface area (Å²) in [7, 11) is 1.67. The molecule has 0 aliphatic carbocycles. The summed E-state index contributed by atoms with van der Waals surface area (Å²) in [6.45, 7) is 0.335. The minimum absolute atomic E-state index is 0.335. The van der Waals surface area contributed by atoms with Crippen molar-refractivity contribution < 1.29 is 4.42 Å². The van der Waals surface area contributed by atoms with E-state index in [2.05, 4.69) is 25.9 Å². The van der Waals surface area contributed by atoms with Gasteiger partial charge in [0.2, 0.25) is 0 Å². The number of aromatic amines is 1. The number of aromatic nitrogens is 3. The predicted molar refractivity (Wildman–Crippen MR) is 74.6 cm³/mol. The average molecular weight is 323 g/mol.